The Bertz CT molecular complexity index is 1480. The second-order valence-electron chi connectivity index (χ2n) is 8.28. The van der Waals surface area contributed by atoms with Gasteiger partial charge in [0, 0.05) is 25.5 Å². The Morgan fingerprint density at radius 1 is 0.857 bits per heavy atom. The number of halogens is 1. The van der Waals surface area contributed by atoms with Crippen molar-refractivity contribution in [2.45, 2.75) is 13.0 Å². The summed E-state index contributed by atoms with van der Waals surface area (Å²) in [5.41, 5.74) is 3.26. The van der Waals surface area contributed by atoms with Gasteiger partial charge in [0.1, 0.15) is 11.5 Å². The van der Waals surface area contributed by atoms with Crippen LogP contribution in [0.2, 0.25) is 0 Å². The Kier molecular flexibility index (Phi) is 6.22. The molecule has 0 radical (unpaired) electrons. The summed E-state index contributed by atoms with van der Waals surface area (Å²) in [7, 11) is 0. The normalized spacial score (nSPS) is 11.0. The van der Waals surface area contributed by atoms with E-state index < -0.39 is 0 Å². The first-order chi connectivity index (χ1) is 17.1. The molecule has 35 heavy (non-hydrogen) atoms. The highest BCUT2D eigenvalue weighted by Gasteiger charge is 2.24. The summed E-state index contributed by atoms with van der Waals surface area (Å²) >= 11 is 0. The molecule has 0 aromatic heterocycles. The standard InChI is InChI=1S/C28H23FN4O2/c29-22-13-11-21(12-14-22)17-32-18-24(27(34)30-16-15-20-7-3-1-4-8-20)26-25(19-32)28(35)33(31-26)23-9-5-2-6-10-23/h1-14,18-19H,15-17H2,(H,30,34). The van der Waals surface area contributed by atoms with Gasteiger partial charge in [-0.3, -0.25) is 9.59 Å². The van der Waals surface area contributed by atoms with E-state index in [0.717, 1.165) is 11.1 Å². The van der Waals surface area contributed by atoms with Crippen LogP contribution in [0.25, 0.3) is 16.9 Å². The Balaban J connectivity index is 1.51. The van der Waals surface area contributed by atoms with Crippen molar-refractivity contribution in [3.8, 4) is 16.9 Å². The molecule has 0 aliphatic carbocycles. The molecular weight excluding hydrogens is 443 g/mol. The minimum absolute atomic E-state index is 0.307. The number of para-hydroxylation sites is 1. The molecule has 2 aliphatic rings. The molecule has 0 bridgehead atoms. The van der Waals surface area contributed by atoms with Crippen LogP contribution in [-0.2, 0) is 13.0 Å². The molecular formula is C28H23FN4O2. The number of fused-ring (bicyclic) bond motifs is 1. The zero-order valence-electron chi connectivity index (χ0n) is 18.9. The molecule has 0 spiro atoms. The maximum Gasteiger partial charge on any atom is 0.282 e. The zero-order valence-corrected chi connectivity index (χ0v) is 18.9. The van der Waals surface area contributed by atoms with Crippen molar-refractivity contribution in [3.05, 3.63) is 130 Å². The van der Waals surface area contributed by atoms with Crippen molar-refractivity contribution >= 4 is 5.91 Å². The van der Waals surface area contributed by atoms with Crippen molar-refractivity contribution in [1.29, 1.82) is 0 Å². The van der Waals surface area contributed by atoms with E-state index in [4.69, 9.17) is 0 Å². The first-order valence-corrected chi connectivity index (χ1v) is 11.3. The molecule has 7 heteroatoms. The Morgan fingerprint density at radius 2 is 1.54 bits per heavy atom. The molecule has 0 atom stereocenters. The highest BCUT2D eigenvalue weighted by atomic mass is 19.1. The molecule has 3 aromatic rings. The van der Waals surface area contributed by atoms with E-state index in [-0.39, 0.29) is 17.3 Å². The number of nitrogens with zero attached hydrogens (tertiary/aromatic N) is 3. The first-order valence-electron chi connectivity index (χ1n) is 11.3. The smallest absolute Gasteiger partial charge is 0.282 e. The summed E-state index contributed by atoms with van der Waals surface area (Å²) in [6, 6.07) is 25.1. The average molecular weight is 467 g/mol. The van der Waals surface area contributed by atoms with Crippen LogP contribution in [0.3, 0.4) is 0 Å². The number of rotatable bonds is 7. The van der Waals surface area contributed by atoms with Gasteiger partial charge in [0.25, 0.3) is 11.5 Å². The fraction of sp³-hybridized carbons (Fsp3) is 0.107. The summed E-state index contributed by atoms with van der Waals surface area (Å²) in [5, 5.41) is 7.46. The molecule has 1 N–H and O–H groups in total. The van der Waals surface area contributed by atoms with E-state index in [2.05, 4.69) is 10.4 Å². The summed E-state index contributed by atoms with van der Waals surface area (Å²) in [4.78, 5) is 26.5. The SMILES string of the molecule is O=C(NCCc1ccccc1)c1cn(Cc2ccc(F)cc2)cc2c(=O)n(-c3ccccc3)nc1-2. The second kappa shape index (κ2) is 9.77. The van der Waals surface area contributed by atoms with Crippen LogP contribution in [0, 0.1) is 5.82 Å². The van der Waals surface area contributed by atoms with Crippen molar-refractivity contribution in [3.63, 3.8) is 0 Å². The zero-order chi connectivity index (χ0) is 24.2. The Hall–Kier alpha value is -4.52. The predicted octanol–water partition coefficient (Wildman–Crippen LogP) is 4.30. The number of carbonyl (C=O) groups excluding carboxylic acids is 1. The molecule has 3 aromatic carbocycles. The molecule has 1 amide bonds. The van der Waals surface area contributed by atoms with Gasteiger partial charge in [0.2, 0.25) is 0 Å². The fourth-order valence-electron chi connectivity index (χ4n) is 4.02. The summed E-state index contributed by atoms with van der Waals surface area (Å²) in [6.45, 7) is 0.817. The van der Waals surface area contributed by atoms with Gasteiger partial charge in [-0.2, -0.15) is 9.78 Å². The summed E-state index contributed by atoms with van der Waals surface area (Å²) in [6.07, 6.45) is 4.06. The average Bonchev–Trinajstić information content (AvgIpc) is 3.22. The lowest BCUT2D eigenvalue weighted by molar-refractivity contribution is 0.0953. The third-order valence-corrected chi connectivity index (χ3v) is 5.79. The minimum Gasteiger partial charge on any atom is -0.352 e. The van der Waals surface area contributed by atoms with Crippen LogP contribution in [0.5, 0.6) is 0 Å². The molecule has 174 valence electrons. The number of amides is 1. The number of hydrogen-bond acceptors (Lipinski definition) is 3. The van der Waals surface area contributed by atoms with Gasteiger partial charge in [-0.05, 0) is 41.8 Å². The lowest BCUT2D eigenvalue weighted by atomic mass is 10.1. The molecule has 6 nitrogen and oxygen atoms in total. The predicted molar refractivity (Wildman–Crippen MR) is 132 cm³/mol. The van der Waals surface area contributed by atoms with Crippen LogP contribution in [0.15, 0.2) is 102 Å². The van der Waals surface area contributed by atoms with Crippen molar-refractivity contribution in [2.24, 2.45) is 0 Å². The van der Waals surface area contributed by atoms with Crippen molar-refractivity contribution in [1.82, 2.24) is 19.7 Å². The Morgan fingerprint density at radius 3 is 2.26 bits per heavy atom. The van der Waals surface area contributed by atoms with E-state index in [1.165, 1.54) is 16.8 Å². The Labute approximate surface area is 201 Å². The van der Waals surface area contributed by atoms with Crippen LogP contribution < -0.4 is 10.9 Å². The van der Waals surface area contributed by atoms with Crippen LogP contribution >= 0.6 is 0 Å². The summed E-state index contributed by atoms with van der Waals surface area (Å²) in [5.74, 6) is -0.629. The molecule has 2 aliphatic heterocycles. The largest absolute Gasteiger partial charge is 0.352 e. The van der Waals surface area contributed by atoms with Gasteiger partial charge >= 0.3 is 0 Å². The fourth-order valence-corrected chi connectivity index (χ4v) is 4.02. The lowest BCUT2D eigenvalue weighted by Gasteiger charge is -2.13. The first kappa shape index (κ1) is 22.3. The molecule has 0 saturated heterocycles. The molecule has 0 fully saturated rings. The van der Waals surface area contributed by atoms with E-state index in [1.54, 1.807) is 41.2 Å². The molecule has 2 heterocycles. The minimum atomic E-state index is -0.321. The highest BCUT2D eigenvalue weighted by Crippen LogP contribution is 2.23. The third-order valence-electron chi connectivity index (χ3n) is 5.79. The lowest BCUT2D eigenvalue weighted by Crippen LogP contribution is -2.27. The molecule has 5 rings (SSSR count). The molecule has 0 saturated carbocycles. The van der Waals surface area contributed by atoms with E-state index >= 15 is 0 Å². The van der Waals surface area contributed by atoms with Gasteiger partial charge in [0.15, 0.2) is 0 Å². The quantitative estimate of drug-likeness (QED) is 0.389. The van der Waals surface area contributed by atoms with E-state index in [1.807, 2.05) is 48.5 Å². The number of hydrogen-bond donors (Lipinski definition) is 1. The second-order valence-corrected chi connectivity index (χ2v) is 8.28. The van der Waals surface area contributed by atoms with Gasteiger partial charge < -0.3 is 9.88 Å². The topological polar surface area (TPSA) is 68.9 Å². The van der Waals surface area contributed by atoms with Crippen LogP contribution in [0.1, 0.15) is 21.5 Å². The van der Waals surface area contributed by atoms with Gasteiger partial charge in [-0.15, -0.1) is 0 Å². The number of carbonyl (C=O) groups is 1. The number of nitrogens with one attached hydrogen (secondary N) is 1. The molecule has 0 unspecified atom stereocenters. The van der Waals surface area contributed by atoms with Crippen molar-refractivity contribution in [2.75, 3.05) is 6.54 Å². The highest BCUT2D eigenvalue weighted by molar-refractivity contribution is 5.99. The third kappa shape index (κ3) is 4.89. The summed E-state index contributed by atoms with van der Waals surface area (Å²) < 4.78 is 16.4. The monoisotopic (exact) mass is 466 g/mol. The van der Waals surface area contributed by atoms with Crippen molar-refractivity contribution < 1.29 is 9.18 Å². The maximum absolute atomic E-state index is 13.3. The van der Waals surface area contributed by atoms with Gasteiger partial charge in [-0.25, -0.2) is 4.39 Å². The number of benzene rings is 3. The van der Waals surface area contributed by atoms with E-state index in [0.29, 0.717) is 42.0 Å². The van der Waals surface area contributed by atoms with Gasteiger partial charge in [-0.1, -0.05) is 60.7 Å². The van der Waals surface area contributed by atoms with Crippen LogP contribution in [-0.4, -0.2) is 26.8 Å². The number of aromatic nitrogens is 3. The van der Waals surface area contributed by atoms with Crippen LogP contribution in [0.4, 0.5) is 4.39 Å². The maximum atomic E-state index is 13.3. The number of pyridine rings is 1. The van der Waals surface area contributed by atoms with E-state index in [9.17, 15) is 14.0 Å². The van der Waals surface area contributed by atoms with Gasteiger partial charge in [0.05, 0.1) is 16.8 Å².